The van der Waals surface area contributed by atoms with Crippen LogP contribution < -0.4 is 26.7 Å². The topological polar surface area (TPSA) is 161 Å². The number of rotatable bonds is 9. The van der Waals surface area contributed by atoms with E-state index in [1.165, 1.54) is 6.92 Å². The van der Waals surface area contributed by atoms with Crippen molar-refractivity contribution in [3.8, 4) is 5.75 Å². The highest BCUT2D eigenvalue weighted by molar-refractivity contribution is 5.88. The van der Waals surface area contributed by atoms with Crippen LogP contribution in [0.4, 0.5) is 4.79 Å². The Bertz CT molecular complexity index is 1130. The predicted molar refractivity (Wildman–Crippen MR) is 120 cm³/mol. The fraction of sp³-hybridized carbons (Fsp3) is 0.478. The average Bonchev–Trinajstić information content (AvgIpc) is 2.77. The first-order valence-electron chi connectivity index (χ1n) is 11.0. The Morgan fingerprint density at radius 2 is 1.91 bits per heavy atom. The number of carboxylic acid groups (broad SMARTS) is 1. The molecule has 0 saturated carbocycles. The van der Waals surface area contributed by atoms with Gasteiger partial charge in [0.25, 0.3) is 5.91 Å². The lowest BCUT2D eigenvalue weighted by atomic mass is 9.90. The molecule has 1 aliphatic carbocycles. The van der Waals surface area contributed by atoms with Crippen molar-refractivity contribution in [1.82, 2.24) is 10.6 Å². The first kappa shape index (κ1) is 24.1. The van der Waals surface area contributed by atoms with Crippen LogP contribution in [0.5, 0.6) is 5.75 Å². The quantitative estimate of drug-likeness (QED) is 0.328. The molecule has 1 heterocycles. The SMILES string of the molecule is Cc1c(OC(C)C(=O)N[C@@H](CCCNC(N)=O)C(=O)O)ccc2c3c(c(=O)oc12)CCCC3. The van der Waals surface area contributed by atoms with E-state index < -0.39 is 30.1 Å². The molecule has 3 amide bonds. The predicted octanol–water partition coefficient (Wildman–Crippen LogP) is 1.77. The van der Waals surface area contributed by atoms with E-state index in [0.717, 1.165) is 35.8 Å². The number of hydrogen-bond donors (Lipinski definition) is 4. The second kappa shape index (κ2) is 10.4. The molecule has 178 valence electrons. The lowest BCUT2D eigenvalue weighted by Crippen LogP contribution is -2.46. The first-order valence-corrected chi connectivity index (χ1v) is 11.0. The fourth-order valence-electron chi connectivity index (χ4n) is 4.06. The standard InChI is InChI=1S/C23H29N3O7/c1-12-18(10-9-15-14-6-3-4-7-16(14)22(30)33-19(12)15)32-13(2)20(27)26-17(21(28)29)8-5-11-25-23(24)31/h9-10,13,17H,3-8,11H2,1-2H3,(H,26,27)(H,28,29)(H3,24,25,31)/t13?,17-/m0/s1. The van der Waals surface area contributed by atoms with Crippen LogP contribution >= 0.6 is 0 Å². The van der Waals surface area contributed by atoms with Gasteiger partial charge in [-0.15, -0.1) is 0 Å². The van der Waals surface area contributed by atoms with Crippen LogP contribution in [-0.2, 0) is 22.4 Å². The smallest absolute Gasteiger partial charge is 0.339 e. The van der Waals surface area contributed by atoms with Gasteiger partial charge in [0.15, 0.2) is 6.10 Å². The minimum Gasteiger partial charge on any atom is -0.480 e. The maximum atomic E-state index is 12.6. The van der Waals surface area contributed by atoms with Gasteiger partial charge in [-0.25, -0.2) is 14.4 Å². The zero-order chi connectivity index (χ0) is 24.1. The number of hydrogen-bond acceptors (Lipinski definition) is 6. The van der Waals surface area contributed by atoms with Gasteiger partial charge in [0.05, 0.1) is 0 Å². The van der Waals surface area contributed by atoms with Gasteiger partial charge in [0, 0.05) is 23.1 Å². The van der Waals surface area contributed by atoms with Gasteiger partial charge in [-0.2, -0.15) is 0 Å². The van der Waals surface area contributed by atoms with Gasteiger partial charge in [-0.3, -0.25) is 4.79 Å². The maximum absolute atomic E-state index is 12.6. The summed E-state index contributed by atoms with van der Waals surface area (Å²) in [7, 11) is 0. The summed E-state index contributed by atoms with van der Waals surface area (Å²) in [5.41, 5.74) is 7.44. The van der Waals surface area contributed by atoms with Crippen LogP contribution in [0.15, 0.2) is 21.3 Å². The minimum absolute atomic E-state index is 0.110. The van der Waals surface area contributed by atoms with Crippen molar-refractivity contribution in [2.45, 2.75) is 64.5 Å². The number of primary amides is 1. The summed E-state index contributed by atoms with van der Waals surface area (Å²) in [6.45, 7) is 3.47. The van der Waals surface area contributed by atoms with Crippen LogP contribution in [0.1, 0.15) is 49.3 Å². The molecule has 1 aromatic carbocycles. The number of aryl methyl sites for hydroxylation is 2. The summed E-state index contributed by atoms with van der Waals surface area (Å²) in [6, 6.07) is 1.73. The monoisotopic (exact) mass is 459 g/mol. The van der Waals surface area contributed by atoms with Gasteiger partial charge in [-0.05, 0) is 70.1 Å². The minimum atomic E-state index is -1.19. The Labute approximate surface area is 190 Å². The highest BCUT2D eigenvalue weighted by atomic mass is 16.5. The summed E-state index contributed by atoms with van der Waals surface area (Å²) in [5.74, 6) is -1.42. The molecular formula is C23H29N3O7. The molecule has 33 heavy (non-hydrogen) atoms. The van der Waals surface area contributed by atoms with Gasteiger partial charge >= 0.3 is 17.6 Å². The number of nitrogens with two attached hydrogens (primary N) is 1. The van der Waals surface area contributed by atoms with E-state index in [1.807, 2.05) is 6.07 Å². The zero-order valence-corrected chi connectivity index (χ0v) is 18.7. The Morgan fingerprint density at radius 1 is 1.21 bits per heavy atom. The van der Waals surface area contributed by atoms with Gasteiger partial charge in [0.1, 0.15) is 17.4 Å². The molecule has 5 N–H and O–H groups in total. The van der Waals surface area contributed by atoms with E-state index in [2.05, 4.69) is 10.6 Å². The molecule has 0 spiro atoms. The van der Waals surface area contributed by atoms with E-state index in [4.69, 9.17) is 14.9 Å². The van der Waals surface area contributed by atoms with Crippen molar-refractivity contribution in [2.75, 3.05) is 6.54 Å². The molecule has 10 heteroatoms. The Hall–Kier alpha value is -3.56. The molecule has 0 fully saturated rings. The molecule has 2 aromatic rings. The van der Waals surface area contributed by atoms with Gasteiger partial charge < -0.3 is 30.6 Å². The maximum Gasteiger partial charge on any atom is 0.339 e. The van der Waals surface area contributed by atoms with Gasteiger partial charge in [-0.1, -0.05) is 0 Å². The summed E-state index contributed by atoms with van der Waals surface area (Å²) in [4.78, 5) is 47.2. The molecule has 0 saturated heterocycles. The van der Waals surface area contributed by atoms with Crippen LogP contribution in [0.2, 0.25) is 0 Å². The molecule has 0 radical (unpaired) electrons. The molecule has 1 aromatic heterocycles. The number of nitrogens with one attached hydrogen (secondary N) is 2. The lowest BCUT2D eigenvalue weighted by Gasteiger charge is -2.21. The Balaban J connectivity index is 1.71. The normalized spacial score (nSPS) is 14.7. The lowest BCUT2D eigenvalue weighted by molar-refractivity contribution is -0.143. The van der Waals surface area contributed by atoms with Crippen LogP contribution in [-0.4, -0.2) is 41.7 Å². The number of carbonyl (C=O) groups is 3. The molecular weight excluding hydrogens is 430 g/mol. The van der Waals surface area contributed by atoms with Crippen molar-refractivity contribution in [3.63, 3.8) is 0 Å². The van der Waals surface area contributed by atoms with E-state index in [9.17, 15) is 24.3 Å². The molecule has 0 bridgehead atoms. The van der Waals surface area contributed by atoms with Crippen LogP contribution in [0.3, 0.4) is 0 Å². The summed E-state index contributed by atoms with van der Waals surface area (Å²) in [5, 5.41) is 15.1. The van der Waals surface area contributed by atoms with E-state index >= 15 is 0 Å². The number of fused-ring (bicyclic) bond motifs is 3. The van der Waals surface area contributed by atoms with Crippen molar-refractivity contribution in [1.29, 1.82) is 0 Å². The summed E-state index contributed by atoms with van der Waals surface area (Å²) >= 11 is 0. The number of aliphatic carboxylic acids is 1. The Kier molecular flexibility index (Phi) is 7.57. The largest absolute Gasteiger partial charge is 0.480 e. The van der Waals surface area contributed by atoms with Crippen LogP contribution in [0, 0.1) is 6.92 Å². The first-order chi connectivity index (χ1) is 15.7. The number of carbonyl (C=O) groups excluding carboxylic acids is 2. The number of benzene rings is 1. The fourth-order valence-corrected chi connectivity index (χ4v) is 4.06. The number of amides is 3. The molecule has 1 unspecified atom stereocenters. The van der Waals surface area contributed by atoms with E-state index in [-0.39, 0.29) is 18.6 Å². The summed E-state index contributed by atoms with van der Waals surface area (Å²) < 4.78 is 11.4. The van der Waals surface area contributed by atoms with Crippen molar-refractivity contribution >= 4 is 28.9 Å². The van der Waals surface area contributed by atoms with Crippen LogP contribution in [0.25, 0.3) is 11.0 Å². The Morgan fingerprint density at radius 3 is 2.58 bits per heavy atom. The average molecular weight is 459 g/mol. The molecule has 0 aliphatic heterocycles. The van der Waals surface area contributed by atoms with Crippen molar-refractivity contribution < 1.29 is 28.6 Å². The number of ether oxygens (including phenoxy) is 1. The second-order valence-electron chi connectivity index (χ2n) is 8.21. The molecule has 10 nitrogen and oxygen atoms in total. The zero-order valence-electron chi connectivity index (χ0n) is 18.7. The highest BCUT2D eigenvalue weighted by Crippen LogP contribution is 2.32. The van der Waals surface area contributed by atoms with E-state index in [1.54, 1.807) is 13.0 Å². The third kappa shape index (κ3) is 5.63. The molecule has 1 aliphatic rings. The summed E-state index contributed by atoms with van der Waals surface area (Å²) in [6.07, 6.45) is 2.96. The van der Waals surface area contributed by atoms with Crippen molar-refractivity contribution in [2.24, 2.45) is 5.73 Å². The van der Waals surface area contributed by atoms with Crippen molar-refractivity contribution in [3.05, 3.63) is 39.2 Å². The number of carboxylic acids is 1. The number of urea groups is 1. The third-order valence-corrected chi connectivity index (χ3v) is 5.85. The third-order valence-electron chi connectivity index (χ3n) is 5.85. The second-order valence-corrected chi connectivity index (χ2v) is 8.21. The highest BCUT2D eigenvalue weighted by Gasteiger charge is 2.25. The molecule has 2 atom stereocenters. The van der Waals surface area contributed by atoms with Gasteiger partial charge in [0.2, 0.25) is 0 Å². The molecule has 3 rings (SSSR count). The van der Waals surface area contributed by atoms with E-state index in [0.29, 0.717) is 29.7 Å².